The molecular weight excluding hydrogens is 233 g/mol. The van der Waals surface area contributed by atoms with Crippen molar-refractivity contribution in [2.45, 2.75) is 44.9 Å². The van der Waals surface area contributed by atoms with Crippen LogP contribution in [0.15, 0.2) is 12.3 Å². The normalized spacial score (nSPS) is 23.9. The van der Waals surface area contributed by atoms with Crippen LogP contribution in [0.1, 0.15) is 49.1 Å². The van der Waals surface area contributed by atoms with Gasteiger partial charge in [-0.15, -0.1) is 0 Å². The number of carbonyl (C=O) groups is 1. The van der Waals surface area contributed by atoms with E-state index in [9.17, 15) is 9.18 Å². The van der Waals surface area contributed by atoms with Gasteiger partial charge in [-0.2, -0.15) is 4.39 Å². The highest BCUT2D eigenvalue weighted by atomic mass is 19.1. The number of nitrogens with zero attached hydrogens (tertiary/aromatic N) is 1. The molecule has 2 atom stereocenters. The molecule has 1 aliphatic rings. The van der Waals surface area contributed by atoms with Crippen molar-refractivity contribution in [3.63, 3.8) is 0 Å². The lowest BCUT2D eigenvalue weighted by Gasteiger charge is -2.29. The molecule has 2 unspecified atom stereocenters. The predicted octanol–water partition coefficient (Wildman–Crippen LogP) is 3.28. The van der Waals surface area contributed by atoms with Crippen LogP contribution in [0.5, 0.6) is 0 Å². The van der Waals surface area contributed by atoms with Crippen molar-refractivity contribution in [1.29, 1.82) is 0 Å². The van der Waals surface area contributed by atoms with Crippen molar-refractivity contribution in [1.82, 2.24) is 4.98 Å². The van der Waals surface area contributed by atoms with Crippen molar-refractivity contribution < 1.29 is 14.3 Å². The van der Waals surface area contributed by atoms with Crippen LogP contribution in [-0.4, -0.2) is 16.1 Å². The van der Waals surface area contributed by atoms with Crippen LogP contribution in [0.2, 0.25) is 0 Å². The van der Waals surface area contributed by atoms with E-state index in [1.165, 1.54) is 6.20 Å². The Morgan fingerprint density at radius 1 is 1.56 bits per heavy atom. The zero-order chi connectivity index (χ0) is 13.1. The van der Waals surface area contributed by atoms with Crippen LogP contribution in [0.25, 0.3) is 0 Å². The maximum absolute atomic E-state index is 13.4. The summed E-state index contributed by atoms with van der Waals surface area (Å²) in [6.45, 7) is 1.75. The smallest absolute Gasteiger partial charge is 0.303 e. The van der Waals surface area contributed by atoms with E-state index in [4.69, 9.17) is 5.11 Å². The molecule has 3 nitrogen and oxygen atoms in total. The van der Waals surface area contributed by atoms with Crippen molar-refractivity contribution in [3.05, 3.63) is 29.3 Å². The van der Waals surface area contributed by atoms with Crippen LogP contribution < -0.4 is 0 Å². The quantitative estimate of drug-likeness (QED) is 0.839. The van der Waals surface area contributed by atoms with Crippen LogP contribution in [-0.2, 0) is 4.79 Å². The predicted molar refractivity (Wildman–Crippen MR) is 65.9 cm³/mol. The maximum atomic E-state index is 13.4. The third-order valence-corrected chi connectivity index (χ3v) is 3.87. The van der Waals surface area contributed by atoms with Gasteiger partial charge in [-0.3, -0.25) is 4.79 Å². The summed E-state index contributed by atoms with van der Waals surface area (Å²) >= 11 is 0. The Morgan fingerprint density at radius 2 is 2.33 bits per heavy atom. The molecule has 0 bridgehead atoms. The van der Waals surface area contributed by atoms with Crippen molar-refractivity contribution in [3.8, 4) is 0 Å². The van der Waals surface area contributed by atoms with Gasteiger partial charge in [0.2, 0.25) is 5.95 Å². The Morgan fingerprint density at radius 3 is 3.06 bits per heavy atom. The fraction of sp³-hybridized carbons (Fsp3) is 0.571. The number of hydrogen-bond acceptors (Lipinski definition) is 2. The molecular formula is C14H18FNO2. The largest absolute Gasteiger partial charge is 0.481 e. The van der Waals surface area contributed by atoms with Gasteiger partial charge >= 0.3 is 5.97 Å². The van der Waals surface area contributed by atoms with E-state index in [0.717, 1.165) is 31.2 Å². The van der Waals surface area contributed by atoms with Gasteiger partial charge < -0.3 is 5.11 Å². The minimum atomic E-state index is -0.738. The lowest BCUT2D eigenvalue weighted by molar-refractivity contribution is -0.138. The van der Waals surface area contributed by atoms with Gasteiger partial charge in [-0.05, 0) is 49.7 Å². The molecule has 1 aromatic rings. The number of halogens is 1. The van der Waals surface area contributed by atoms with Crippen LogP contribution >= 0.6 is 0 Å². The van der Waals surface area contributed by atoms with E-state index < -0.39 is 11.9 Å². The number of carboxylic acids is 1. The molecule has 98 valence electrons. The SMILES string of the molecule is Cc1c(C2CCCC(CC(=O)O)C2)ccnc1F. The second-order valence-electron chi connectivity index (χ2n) is 5.14. The summed E-state index contributed by atoms with van der Waals surface area (Å²) in [7, 11) is 0. The number of rotatable bonds is 3. The minimum absolute atomic E-state index is 0.219. The Balaban J connectivity index is 2.13. The molecule has 0 spiro atoms. The lowest BCUT2D eigenvalue weighted by atomic mass is 9.76. The number of carboxylic acid groups (broad SMARTS) is 1. The average Bonchev–Trinajstić information content (AvgIpc) is 2.32. The molecule has 0 aliphatic heterocycles. The van der Waals surface area contributed by atoms with E-state index in [-0.39, 0.29) is 18.3 Å². The number of hydrogen-bond donors (Lipinski definition) is 1. The standard InChI is InChI=1S/C14H18FNO2/c1-9-12(5-6-16-14(9)15)11-4-2-3-10(7-11)8-13(17)18/h5-6,10-11H,2-4,7-8H2,1H3,(H,17,18). The summed E-state index contributed by atoms with van der Waals surface area (Å²) in [5.41, 5.74) is 1.61. The number of pyridine rings is 1. The number of aliphatic carboxylic acids is 1. The second kappa shape index (κ2) is 5.46. The fourth-order valence-electron chi connectivity index (χ4n) is 2.97. The molecule has 1 aromatic heterocycles. The highest BCUT2D eigenvalue weighted by Crippen LogP contribution is 2.38. The van der Waals surface area contributed by atoms with E-state index in [1.54, 1.807) is 6.92 Å². The first-order valence-electron chi connectivity index (χ1n) is 6.40. The third-order valence-electron chi connectivity index (χ3n) is 3.87. The topological polar surface area (TPSA) is 50.2 Å². The Labute approximate surface area is 106 Å². The molecule has 0 aromatic carbocycles. The van der Waals surface area contributed by atoms with E-state index in [1.807, 2.05) is 6.07 Å². The van der Waals surface area contributed by atoms with Gasteiger partial charge in [0.15, 0.2) is 0 Å². The molecule has 2 rings (SSSR count). The summed E-state index contributed by atoms with van der Waals surface area (Å²) in [5, 5.41) is 8.85. The lowest BCUT2D eigenvalue weighted by Crippen LogP contribution is -2.18. The van der Waals surface area contributed by atoms with E-state index in [0.29, 0.717) is 5.56 Å². The minimum Gasteiger partial charge on any atom is -0.481 e. The Bertz CT molecular complexity index is 447. The summed E-state index contributed by atoms with van der Waals surface area (Å²) in [6, 6.07) is 1.87. The monoisotopic (exact) mass is 251 g/mol. The molecule has 1 saturated carbocycles. The van der Waals surface area contributed by atoms with Gasteiger partial charge in [0.25, 0.3) is 0 Å². The van der Waals surface area contributed by atoms with Gasteiger partial charge in [-0.1, -0.05) is 6.42 Å². The van der Waals surface area contributed by atoms with Gasteiger partial charge in [0.05, 0.1) is 0 Å². The summed E-state index contributed by atoms with van der Waals surface area (Å²) in [5.74, 6) is -0.649. The average molecular weight is 251 g/mol. The first-order chi connectivity index (χ1) is 8.58. The zero-order valence-corrected chi connectivity index (χ0v) is 10.5. The van der Waals surface area contributed by atoms with Gasteiger partial charge in [0.1, 0.15) is 0 Å². The highest BCUT2D eigenvalue weighted by Gasteiger charge is 2.26. The molecule has 4 heteroatoms. The summed E-state index contributed by atoms with van der Waals surface area (Å²) in [6.07, 6.45) is 5.57. The number of aromatic nitrogens is 1. The van der Waals surface area contributed by atoms with Crippen molar-refractivity contribution in [2.24, 2.45) is 5.92 Å². The van der Waals surface area contributed by atoms with Crippen molar-refractivity contribution >= 4 is 5.97 Å². The summed E-state index contributed by atoms with van der Waals surface area (Å²) < 4.78 is 13.4. The van der Waals surface area contributed by atoms with E-state index in [2.05, 4.69) is 4.98 Å². The summed E-state index contributed by atoms with van der Waals surface area (Å²) in [4.78, 5) is 14.4. The van der Waals surface area contributed by atoms with Gasteiger partial charge in [0, 0.05) is 18.2 Å². The molecule has 1 N–H and O–H groups in total. The zero-order valence-electron chi connectivity index (χ0n) is 10.5. The molecule has 18 heavy (non-hydrogen) atoms. The third kappa shape index (κ3) is 2.86. The molecule has 1 fully saturated rings. The van der Waals surface area contributed by atoms with Crippen LogP contribution in [0, 0.1) is 18.8 Å². The Hall–Kier alpha value is -1.45. The van der Waals surface area contributed by atoms with Crippen molar-refractivity contribution in [2.75, 3.05) is 0 Å². The Kier molecular flexibility index (Phi) is 3.94. The molecule has 1 heterocycles. The second-order valence-corrected chi connectivity index (χ2v) is 5.14. The molecule has 0 radical (unpaired) electrons. The van der Waals surface area contributed by atoms with Crippen LogP contribution in [0.4, 0.5) is 4.39 Å². The maximum Gasteiger partial charge on any atom is 0.303 e. The fourth-order valence-corrected chi connectivity index (χ4v) is 2.97. The molecule has 0 saturated heterocycles. The highest BCUT2D eigenvalue weighted by molar-refractivity contribution is 5.67. The van der Waals surface area contributed by atoms with Gasteiger partial charge in [-0.25, -0.2) is 4.98 Å². The first-order valence-corrected chi connectivity index (χ1v) is 6.40. The molecule has 1 aliphatic carbocycles. The van der Waals surface area contributed by atoms with Crippen LogP contribution in [0.3, 0.4) is 0 Å². The first kappa shape index (κ1) is 13.0. The molecule has 0 amide bonds. The van der Waals surface area contributed by atoms with E-state index >= 15 is 0 Å².